The van der Waals surface area contributed by atoms with E-state index < -0.39 is 12.1 Å². The number of esters is 1. The number of hydrogen-bond acceptors (Lipinski definition) is 5. The van der Waals surface area contributed by atoms with E-state index in [0.717, 1.165) is 17.7 Å². The highest BCUT2D eigenvalue weighted by Crippen LogP contribution is 2.21. The van der Waals surface area contributed by atoms with Crippen LogP contribution in [0.3, 0.4) is 0 Å². The summed E-state index contributed by atoms with van der Waals surface area (Å²) < 4.78 is 12.1. The van der Waals surface area contributed by atoms with E-state index in [2.05, 4.69) is 5.10 Å². The van der Waals surface area contributed by atoms with Crippen LogP contribution < -0.4 is 4.74 Å². The average Bonchev–Trinajstić information content (AvgIpc) is 3.18. The SMILES string of the molecule is CCc1ccc(C(=O)[C@H](C)OC(=O)c2nn(-c3ccccc3)cc2OC)cc1. The summed E-state index contributed by atoms with van der Waals surface area (Å²) in [5, 5.41) is 4.26. The van der Waals surface area contributed by atoms with Gasteiger partial charge in [-0.05, 0) is 31.0 Å². The Balaban J connectivity index is 1.76. The van der Waals surface area contributed by atoms with Crippen LogP contribution in [-0.4, -0.2) is 34.7 Å². The molecular formula is C22H22N2O4. The molecule has 3 rings (SSSR count). The van der Waals surface area contributed by atoms with Crippen molar-refractivity contribution < 1.29 is 19.1 Å². The normalized spacial score (nSPS) is 11.7. The highest BCUT2D eigenvalue weighted by atomic mass is 16.5. The number of ketones is 1. The third-order valence-electron chi connectivity index (χ3n) is 4.41. The number of hydrogen-bond donors (Lipinski definition) is 0. The van der Waals surface area contributed by atoms with Crippen molar-refractivity contribution in [3.05, 3.63) is 77.6 Å². The molecule has 0 fully saturated rings. The Morgan fingerprint density at radius 1 is 1.07 bits per heavy atom. The molecule has 0 aliphatic carbocycles. The van der Waals surface area contributed by atoms with Crippen molar-refractivity contribution in [1.82, 2.24) is 9.78 Å². The summed E-state index contributed by atoms with van der Waals surface area (Å²) in [4.78, 5) is 25.1. The van der Waals surface area contributed by atoms with Crippen LogP contribution in [0.4, 0.5) is 0 Å². The van der Waals surface area contributed by atoms with Crippen LogP contribution in [0.2, 0.25) is 0 Å². The summed E-state index contributed by atoms with van der Waals surface area (Å²) in [5.74, 6) is -0.698. The van der Waals surface area contributed by atoms with Crippen molar-refractivity contribution in [1.29, 1.82) is 0 Å². The van der Waals surface area contributed by atoms with E-state index in [-0.39, 0.29) is 17.2 Å². The largest absolute Gasteiger partial charge is 0.493 e. The van der Waals surface area contributed by atoms with Crippen LogP contribution in [0, 0.1) is 0 Å². The first-order chi connectivity index (χ1) is 13.5. The number of ether oxygens (including phenoxy) is 2. The minimum atomic E-state index is -0.938. The number of aromatic nitrogens is 2. The molecule has 0 bridgehead atoms. The van der Waals surface area contributed by atoms with Crippen molar-refractivity contribution >= 4 is 11.8 Å². The lowest BCUT2D eigenvalue weighted by atomic mass is 10.0. The standard InChI is InChI=1S/C22H22N2O4/c1-4-16-10-12-17(13-11-16)21(25)15(2)28-22(26)20-19(27-3)14-24(23-20)18-8-6-5-7-9-18/h5-15H,4H2,1-3H3/t15-/m0/s1. The second-order valence-corrected chi connectivity index (χ2v) is 6.29. The van der Waals surface area contributed by atoms with Gasteiger partial charge in [-0.1, -0.05) is 49.4 Å². The average molecular weight is 378 g/mol. The number of carbonyl (C=O) groups excluding carboxylic acids is 2. The number of nitrogens with zero attached hydrogens (tertiary/aromatic N) is 2. The highest BCUT2D eigenvalue weighted by molar-refractivity contribution is 6.01. The summed E-state index contributed by atoms with van der Waals surface area (Å²) in [6.07, 6.45) is 1.55. The number of methoxy groups -OCH3 is 1. The summed E-state index contributed by atoms with van der Waals surface area (Å²) in [7, 11) is 1.45. The van der Waals surface area contributed by atoms with Crippen LogP contribution in [-0.2, 0) is 11.2 Å². The molecule has 6 nitrogen and oxygen atoms in total. The molecule has 0 radical (unpaired) electrons. The fourth-order valence-electron chi connectivity index (χ4n) is 2.77. The molecule has 1 atom stereocenters. The van der Waals surface area contributed by atoms with Crippen molar-refractivity contribution in [2.75, 3.05) is 7.11 Å². The lowest BCUT2D eigenvalue weighted by molar-refractivity contribution is 0.0310. The molecule has 6 heteroatoms. The van der Waals surface area contributed by atoms with Gasteiger partial charge in [0, 0.05) is 5.56 Å². The summed E-state index contributed by atoms with van der Waals surface area (Å²) in [5.41, 5.74) is 2.43. The van der Waals surface area contributed by atoms with Gasteiger partial charge in [0.05, 0.1) is 19.0 Å². The monoisotopic (exact) mass is 378 g/mol. The minimum Gasteiger partial charge on any atom is -0.493 e. The number of Topliss-reactive ketones (excluding diaryl/α,β-unsaturated/α-hetero) is 1. The van der Waals surface area contributed by atoms with Crippen molar-refractivity contribution in [2.24, 2.45) is 0 Å². The number of aryl methyl sites for hydroxylation is 1. The fraction of sp³-hybridized carbons (Fsp3) is 0.227. The predicted molar refractivity (Wildman–Crippen MR) is 105 cm³/mol. The van der Waals surface area contributed by atoms with E-state index in [1.54, 1.807) is 25.3 Å². The Morgan fingerprint density at radius 3 is 2.36 bits per heavy atom. The van der Waals surface area contributed by atoms with Crippen LogP contribution >= 0.6 is 0 Å². The molecule has 3 aromatic rings. The number of rotatable bonds is 7. The molecule has 0 saturated carbocycles. The zero-order valence-corrected chi connectivity index (χ0v) is 16.1. The van der Waals surface area contributed by atoms with E-state index in [9.17, 15) is 9.59 Å². The molecular weight excluding hydrogens is 356 g/mol. The Morgan fingerprint density at radius 2 is 1.75 bits per heavy atom. The number of carbonyl (C=O) groups is 2. The van der Waals surface area contributed by atoms with E-state index in [4.69, 9.17) is 9.47 Å². The Kier molecular flexibility index (Phi) is 5.89. The Labute approximate surface area is 163 Å². The third-order valence-corrected chi connectivity index (χ3v) is 4.41. The summed E-state index contributed by atoms with van der Waals surface area (Å²) in [6.45, 7) is 3.60. The van der Waals surface area contributed by atoms with Gasteiger partial charge < -0.3 is 9.47 Å². The quantitative estimate of drug-likeness (QED) is 0.461. The van der Waals surface area contributed by atoms with E-state index in [0.29, 0.717) is 5.56 Å². The van der Waals surface area contributed by atoms with Gasteiger partial charge in [0.25, 0.3) is 0 Å². The predicted octanol–water partition coefficient (Wildman–Crippen LogP) is 3.87. The van der Waals surface area contributed by atoms with Crippen molar-refractivity contribution in [2.45, 2.75) is 26.4 Å². The van der Waals surface area contributed by atoms with Gasteiger partial charge in [-0.3, -0.25) is 4.79 Å². The zero-order chi connectivity index (χ0) is 20.1. The van der Waals surface area contributed by atoms with Gasteiger partial charge in [-0.2, -0.15) is 5.10 Å². The van der Waals surface area contributed by atoms with Crippen molar-refractivity contribution in [3.63, 3.8) is 0 Å². The first kappa shape index (κ1) is 19.4. The lowest BCUT2D eigenvalue weighted by Crippen LogP contribution is -2.25. The molecule has 2 aromatic carbocycles. The minimum absolute atomic E-state index is 0.0207. The summed E-state index contributed by atoms with van der Waals surface area (Å²) in [6, 6.07) is 16.6. The topological polar surface area (TPSA) is 70.4 Å². The molecule has 0 N–H and O–H groups in total. The zero-order valence-electron chi connectivity index (χ0n) is 16.1. The molecule has 0 spiro atoms. The maximum Gasteiger partial charge on any atom is 0.363 e. The van der Waals surface area contributed by atoms with Crippen LogP contribution in [0.1, 0.15) is 40.3 Å². The lowest BCUT2D eigenvalue weighted by Gasteiger charge is -2.12. The molecule has 1 aromatic heterocycles. The highest BCUT2D eigenvalue weighted by Gasteiger charge is 2.25. The molecule has 0 saturated heterocycles. The van der Waals surface area contributed by atoms with Gasteiger partial charge in [0.2, 0.25) is 11.5 Å². The fourth-order valence-corrected chi connectivity index (χ4v) is 2.77. The molecule has 1 heterocycles. The van der Waals surface area contributed by atoms with Gasteiger partial charge in [0.15, 0.2) is 11.9 Å². The first-order valence-electron chi connectivity index (χ1n) is 9.06. The maximum absolute atomic E-state index is 12.6. The molecule has 28 heavy (non-hydrogen) atoms. The second-order valence-electron chi connectivity index (χ2n) is 6.29. The van der Waals surface area contributed by atoms with E-state index in [1.165, 1.54) is 11.8 Å². The third kappa shape index (κ3) is 4.11. The van der Waals surface area contributed by atoms with Gasteiger partial charge in [0.1, 0.15) is 0 Å². The maximum atomic E-state index is 12.6. The van der Waals surface area contributed by atoms with E-state index >= 15 is 0 Å². The van der Waals surface area contributed by atoms with Crippen LogP contribution in [0.25, 0.3) is 5.69 Å². The summed E-state index contributed by atoms with van der Waals surface area (Å²) >= 11 is 0. The Hall–Kier alpha value is -3.41. The van der Waals surface area contributed by atoms with E-state index in [1.807, 2.05) is 49.4 Å². The molecule has 0 amide bonds. The van der Waals surface area contributed by atoms with Crippen LogP contribution in [0.5, 0.6) is 5.75 Å². The number of para-hydroxylation sites is 1. The van der Waals surface area contributed by atoms with Gasteiger partial charge in [-0.25, -0.2) is 9.48 Å². The van der Waals surface area contributed by atoms with Crippen LogP contribution in [0.15, 0.2) is 60.8 Å². The van der Waals surface area contributed by atoms with Gasteiger partial charge >= 0.3 is 5.97 Å². The second kappa shape index (κ2) is 8.52. The Bertz CT molecular complexity index is 962. The molecule has 0 aliphatic heterocycles. The van der Waals surface area contributed by atoms with Crippen molar-refractivity contribution in [3.8, 4) is 11.4 Å². The molecule has 0 unspecified atom stereocenters. The van der Waals surface area contributed by atoms with Gasteiger partial charge in [-0.15, -0.1) is 0 Å². The molecule has 144 valence electrons. The number of benzene rings is 2. The smallest absolute Gasteiger partial charge is 0.363 e. The first-order valence-corrected chi connectivity index (χ1v) is 9.06. The molecule has 0 aliphatic rings.